The molecule has 1 fully saturated rings. The standard InChI is InChI=1S/C6H10ClNO/c1-5-2-6(9)8(3-5)4-7/h5H,2-4H2,1H3. The van der Waals surface area contributed by atoms with E-state index in [1.807, 2.05) is 0 Å². The fraction of sp³-hybridized carbons (Fsp3) is 0.833. The van der Waals surface area contributed by atoms with E-state index in [-0.39, 0.29) is 5.91 Å². The summed E-state index contributed by atoms with van der Waals surface area (Å²) in [6.45, 7) is 2.90. The molecule has 0 aromatic rings. The van der Waals surface area contributed by atoms with E-state index < -0.39 is 0 Å². The first-order chi connectivity index (χ1) is 4.24. The van der Waals surface area contributed by atoms with Crippen LogP contribution in [0.25, 0.3) is 0 Å². The largest absolute Gasteiger partial charge is 0.329 e. The highest BCUT2D eigenvalue weighted by atomic mass is 35.5. The molecule has 1 amide bonds. The molecule has 0 N–H and O–H groups in total. The number of hydrogen-bond donors (Lipinski definition) is 0. The number of halogens is 1. The Balaban J connectivity index is 2.48. The SMILES string of the molecule is CC1CC(=O)N(CCl)C1. The number of hydrogen-bond acceptors (Lipinski definition) is 1. The fourth-order valence-electron chi connectivity index (χ4n) is 1.09. The van der Waals surface area contributed by atoms with E-state index in [0.29, 0.717) is 18.3 Å². The minimum Gasteiger partial charge on any atom is -0.329 e. The number of likely N-dealkylation sites (tertiary alicyclic amines) is 1. The van der Waals surface area contributed by atoms with Gasteiger partial charge in [-0.25, -0.2) is 0 Å². The normalized spacial score (nSPS) is 27.6. The van der Waals surface area contributed by atoms with Crippen LogP contribution in [-0.4, -0.2) is 23.4 Å². The van der Waals surface area contributed by atoms with E-state index in [1.54, 1.807) is 4.90 Å². The van der Waals surface area contributed by atoms with Crippen LogP contribution in [0.4, 0.5) is 0 Å². The molecule has 1 unspecified atom stereocenters. The highest BCUT2D eigenvalue weighted by Crippen LogP contribution is 2.16. The molecular formula is C6H10ClNO. The minimum absolute atomic E-state index is 0.192. The van der Waals surface area contributed by atoms with E-state index in [9.17, 15) is 4.79 Å². The van der Waals surface area contributed by atoms with Crippen molar-refractivity contribution in [1.29, 1.82) is 0 Å². The van der Waals surface area contributed by atoms with Crippen LogP contribution in [0.3, 0.4) is 0 Å². The van der Waals surface area contributed by atoms with E-state index in [2.05, 4.69) is 6.92 Å². The molecule has 2 nitrogen and oxygen atoms in total. The second kappa shape index (κ2) is 2.56. The zero-order chi connectivity index (χ0) is 6.85. The van der Waals surface area contributed by atoms with Gasteiger partial charge in [-0.3, -0.25) is 4.79 Å². The molecule has 1 atom stereocenters. The zero-order valence-electron chi connectivity index (χ0n) is 5.43. The molecule has 0 spiro atoms. The Morgan fingerprint density at radius 3 is 2.78 bits per heavy atom. The molecule has 0 radical (unpaired) electrons. The smallest absolute Gasteiger partial charge is 0.223 e. The van der Waals surface area contributed by atoms with Crippen molar-refractivity contribution in [2.75, 3.05) is 12.5 Å². The Kier molecular flexibility index (Phi) is 1.96. The molecule has 1 aliphatic rings. The van der Waals surface area contributed by atoms with Crippen molar-refractivity contribution in [3.63, 3.8) is 0 Å². The molecule has 1 saturated heterocycles. The van der Waals surface area contributed by atoms with Gasteiger partial charge >= 0.3 is 0 Å². The number of alkyl halides is 1. The summed E-state index contributed by atoms with van der Waals surface area (Å²) in [4.78, 5) is 12.5. The van der Waals surface area contributed by atoms with Crippen molar-refractivity contribution in [2.24, 2.45) is 5.92 Å². The lowest BCUT2D eigenvalue weighted by molar-refractivity contribution is -0.126. The Hall–Kier alpha value is -0.240. The molecule has 0 aromatic carbocycles. The first kappa shape index (κ1) is 6.87. The van der Waals surface area contributed by atoms with Gasteiger partial charge in [0.05, 0.1) is 6.00 Å². The van der Waals surface area contributed by atoms with Gasteiger partial charge in [0.2, 0.25) is 5.91 Å². The molecule has 0 bridgehead atoms. The van der Waals surface area contributed by atoms with Crippen molar-refractivity contribution < 1.29 is 4.79 Å². The fourth-order valence-corrected chi connectivity index (χ4v) is 1.32. The number of nitrogens with zero attached hydrogens (tertiary/aromatic N) is 1. The van der Waals surface area contributed by atoms with Crippen molar-refractivity contribution in [1.82, 2.24) is 4.90 Å². The summed E-state index contributed by atoms with van der Waals surface area (Å²) in [7, 11) is 0. The first-order valence-corrected chi connectivity index (χ1v) is 3.61. The number of amides is 1. The number of carbonyl (C=O) groups excluding carboxylic acids is 1. The third-order valence-electron chi connectivity index (χ3n) is 1.55. The Morgan fingerprint density at radius 2 is 2.56 bits per heavy atom. The maximum Gasteiger partial charge on any atom is 0.223 e. The van der Waals surface area contributed by atoms with E-state index in [0.717, 1.165) is 6.54 Å². The molecule has 3 heteroatoms. The third-order valence-corrected chi connectivity index (χ3v) is 1.84. The van der Waals surface area contributed by atoms with Crippen molar-refractivity contribution in [2.45, 2.75) is 13.3 Å². The average Bonchev–Trinajstić information content (AvgIpc) is 2.10. The van der Waals surface area contributed by atoms with Crippen molar-refractivity contribution >= 4 is 17.5 Å². The van der Waals surface area contributed by atoms with Gasteiger partial charge in [-0.1, -0.05) is 6.92 Å². The van der Waals surface area contributed by atoms with Crippen LogP contribution in [0.5, 0.6) is 0 Å². The highest BCUT2D eigenvalue weighted by molar-refractivity contribution is 6.18. The molecule has 1 rings (SSSR count). The highest BCUT2D eigenvalue weighted by Gasteiger charge is 2.24. The summed E-state index contributed by atoms with van der Waals surface area (Å²) in [6, 6.07) is 0.350. The Morgan fingerprint density at radius 1 is 1.89 bits per heavy atom. The lowest BCUT2D eigenvalue weighted by atomic mass is 10.2. The monoisotopic (exact) mass is 147 g/mol. The van der Waals surface area contributed by atoms with Gasteiger partial charge in [0.1, 0.15) is 0 Å². The van der Waals surface area contributed by atoms with Gasteiger partial charge in [-0.15, -0.1) is 11.6 Å². The maximum atomic E-state index is 10.9. The van der Waals surface area contributed by atoms with Crippen LogP contribution < -0.4 is 0 Å². The minimum atomic E-state index is 0.192. The van der Waals surface area contributed by atoms with Crippen LogP contribution >= 0.6 is 11.6 Å². The third kappa shape index (κ3) is 1.36. The van der Waals surface area contributed by atoms with Gasteiger partial charge < -0.3 is 4.90 Å². The summed E-state index contributed by atoms with van der Waals surface area (Å²) >= 11 is 5.47. The van der Waals surface area contributed by atoms with Crippen LogP contribution in [0, 0.1) is 5.92 Å². The second-order valence-corrected chi connectivity index (χ2v) is 2.78. The summed E-state index contributed by atoms with van der Waals surface area (Å²) in [5.41, 5.74) is 0. The van der Waals surface area contributed by atoms with Gasteiger partial charge in [0, 0.05) is 13.0 Å². The Bertz CT molecular complexity index is 126. The second-order valence-electron chi connectivity index (χ2n) is 2.54. The first-order valence-electron chi connectivity index (χ1n) is 3.07. The zero-order valence-corrected chi connectivity index (χ0v) is 6.19. The quantitative estimate of drug-likeness (QED) is 0.401. The van der Waals surface area contributed by atoms with Crippen LogP contribution in [-0.2, 0) is 4.79 Å². The molecule has 0 aliphatic carbocycles. The van der Waals surface area contributed by atoms with Crippen LogP contribution in [0.15, 0.2) is 0 Å². The molecule has 1 heterocycles. The lowest BCUT2D eigenvalue weighted by Crippen LogP contribution is -2.22. The average molecular weight is 148 g/mol. The lowest BCUT2D eigenvalue weighted by Gasteiger charge is -2.09. The maximum absolute atomic E-state index is 10.9. The molecule has 1 aliphatic heterocycles. The Labute approximate surface area is 59.8 Å². The summed E-state index contributed by atoms with van der Waals surface area (Å²) in [6.07, 6.45) is 0.673. The number of carbonyl (C=O) groups is 1. The predicted molar refractivity (Wildman–Crippen MR) is 36.2 cm³/mol. The molecular weight excluding hydrogens is 138 g/mol. The molecule has 9 heavy (non-hydrogen) atoms. The van der Waals surface area contributed by atoms with E-state index >= 15 is 0 Å². The van der Waals surface area contributed by atoms with Gasteiger partial charge in [-0.05, 0) is 5.92 Å². The summed E-state index contributed by atoms with van der Waals surface area (Å²) in [5.74, 6) is 0.689. The topological polar surface area (TPSA) is 20.3 Å². The van der Waals surface area contributed by atoms with Crippen molar-refractivity contribution in [3.8, 4) is 0 Å². The van der Waals surface area contributed by atoms with Crippen molar-refractivity contribution in [3.05, 3.63) is 0 Å². The van der Waals surface area contributed by atoms with E-state index in [4.69, 9.17) is 11.6 Å². The molecule has 52 valence electrons. The number of rotatable bonds is 1. The van der Waals surface area contributed by atoms with Gasteiger partial charge in [0.25, 0.3) is 0 Å². The van der Waals surface area contributed by atoms with E-state index in [1.165, 1.54) is 0 Å². The summed E-state index contributed by atoms with van der Waals surface area (Å²) in [5, 5.41) is 0. The molecule has 0 saturated carbocycles. The van der Waals surface area contributed by atoms with Crippen LogP contribution in [0.2, 0.25) is 0 Å². The van der Waals surface area contributed by atoms with Gasteiger partial charge in [-0.2, -0.15) is 0 Å². The molecule has 0 aromatic heterocycles. The van der Waals surface area contributed by atoms with Gasteiger partial charge in [0.15, 0.2) is 0 Å². The van der Waals surface area contributed by atoms with Crippen LogP contribution in [0.1, 0.15) is 13.3 Å². The predicted octanol–water partition coefficient (Wildman–Crippen LogP) is 1.05. The summed E-state index contributed by atoms with van der Waals surface area (Å²) < 4.78 is 0.